The monoisotopic (exact) mass is 485 g/mol. The zero-order valence-corrected chi connectivity index (χ0v) is 21.1. The van der Waals surface area contributed by atoms with Crippen molar-refractivity contribution in [3.8, 4) is 5.69 Å². The van der Waals surface area contributed by atoms with E-state index >= 15 is 0 Å². The minimum atomic E-state index is -0.318. The summed E-state index contributed by atoms with van der Waals surface area (Å²) >= 11 is 1.40. The number of benzene rings is 1. The number of thioether (sulfide) groups is 1. The number of hydrogen-bond donors (Lipinski definition) is 1. The van der Waals surface area contributed by atoms with E-state index in [0.717, 1.165) is 43.9 Å². The van der Waals surface area contributed by atoms with E-state index in [-0.39, 0.29) is 23.0 Å². The quantitative estimate of drug-likeness (QED) is 0.378. The maximum atomic E-state index is 13.6. The summed E-state index contributed by atoms with van der Waals surface area (Å²) in [4.78, 5) is 15.2. The van der Waals surface area contributed by atoms with Crippen molar-refractivity contribution < 1.29 is 9.18 Å². The highest BCUT2D eigenvalue weighted by Gasteiger charge is 2.27. The van der Waals surface area contributed by atoms with Crippen LogP contribution in [0.3, 0.4) is 0 Å². The van der Waals surface area contributed by atoms with Crippen LogP contribution in [-0.2, 0) is 4.79 Å². The zero-order chi connectivity index (χ0) is 23.9. The average Bonchev–Trinajstić information content (AvgIpc) is 3.28. The van der Waals surface area contributed by atoms with E-state index < -0.39 is 0 Å². The summed E-state index contributed by atoms with van der Waals surface area (Å²) < 4.78 is 15.6. The molecule has 0 saturated carbocycles. The van der Waals surface area contributed by atoms with E-state index in [1.165, 1.54) is 61.6 Å². The number of piperidine rings is 1. The van der Waals surface area contributed by atoms with Gasteiger partial charge in [0.05, 0.1) is 11.3 Å². The first-order valence-electron chi connectivity index (χ1n) is 12.6. The van der Waals surface area contributed by atoms with Crippen LogP contribution < -0.4 is 5.32 Å². The van der Waals surface area contributed by atoms with Crippen molar-refractivity contribution in [2.45, 2.75) is 81.7 Å². The molecule has 1 aromatic carbocycles. The van der Waals surface area contributed by atoms with E-state index in [1.54, 1.807) is 12.1 Å². The second-order valence-corrected chi connectivity index (χ2v) is 10.6. The molecule has 0 unspecified atom stereocenters. The molecule has 34 heavy (non-hydrogen) atoms. The SMILES string of the molecule is C[C@@H](Sc1nnc([C@H](C)N2CCCCC2)n1-c1ccc(F)cc1)C(=O)NCCC1=CCCCC1. The van der Waals surface area contributed by atoms with Crippen LogP contribution in [0, 0.1) is 5.82 Å². The summed E-state index contributed by atoms with van der Waals surface area (Å²) in [5, 5.41) is 12.4. The normalized spacial score (nSPS) is 18.9. The minimum Gasteiger partial charge on any atom is -0.355 e. The molecule has 0 radical (unpaired) electrons. The Bertz CT molecular complexity index is 984. The second kappa shape index (κ2) is 12.0. The smallest absolute Gasteiger partial charge is 0.233 e. The first-order chi connectivity index (χ1) is 16.5. The average molecular weight is 486 g/mol. The van der Waals surface area contributed by atoms with Crippen molar-refractivity contribution in [1.29, 1.82) is 0 Å². The van der Waals surface area contributed by atoms with E-state index in [1.807, 2.05) is 11.5 Å². The summed E-state index contributed by atoms with van der Waals surface area (Å²) in [5.41, 5.74) is 2.27. The van der Waals surface area contributed by atoms with Crippen molar-refractivity contribution in [3.63, 3.8) is 0 Å². The lowest BCUT2D eigenvalue weighted by atomic mass is 9.97. The van der Waals surface area contributed by atoms with Crippen LogP contribution in [0.2, 0.25) is 0 Å². The Labute approximate surface area is 206 Å². The van der Waals surface area contributed by atoms with Gasteiger partial charge in [0.15, 0.2) is 11.0 Å². The Hall–Kier alpha value is -2.19. The summed E-state index contributed by atoms with van der Waals surface area (Å²) in [6.45, 7) is 6.79. The summed E-state index contributed by atoms with van der Waals surface area (Å²) in [6.07, 6.45) is 11.7. The molecule has 8 heteroatoms. The topological polar surface area (TPSA) is 63.1 Å². The third kappa shape index (κ3) is 6.27. The highest BCUT2D eigenvalue weighted by Crippen LogP contribution is 2.31. The molecule has 6 nitrogen and oxygen atoms in total. The molecule has 1 N–H and O–H groups in total. The number of carbonyl (C=O) groups is 1. The van der Waals surface area contributed by atoms with Gasteiger partial charge in [-0.3, -0.25) is 14.3 Å². The molecule has 2 aromatic rings. The van der Waals surface area contributed by atoms with Crippen molar-refractivity contribution in [2.24, 2.45) is 0 Å². The summed E-state index contributed by atoms with van der Waals surface area (Å²) in [5.74, 6) is 0.547. The number of rotatable bonds is 9. The molecule has 0 spiro atoms. The summed E-state index contributed by atoms with van der Waals surface area (Å²) in [7, 11) is 0. The van der Waals surface area contributed by atoms with Crippen molar-refractivity contribution in [1.82, 2.24) is 25.0 Å². The van der Waals surface area contributed by atoms with Crippen LogP contribution in [0.15, 0.2) is 41.1 Å². The number of hydrogen-bond acceptors (Lipinski definition) is 5. The molecule has 1 fully saturated rings. The molecule has 1 aliphatic carbocycles. The van der Waals surface area contributed by atoms with E-state index in [0.29, 0.717) is 11.7 Å². The fourth-order valence-corrected chi connectivity index (χ4v) is 5.66. The fourth-order valence-electron chi connectivity index (χ4n) is 4.76. The Kier molecular flexibility index (Phi) is 8.78. The number of nitrogens with one attached hydrogen (secondary N) is 1. The van der Waals surface area contributed by atoms with Crippen molar-refractivity contribution in [3.05, 3.63) is 47.6 Å². The van der Waals surface area contributed by atoms with Crippen molar-refractivity contribution >= 4 is 17.7 Å². The largest absolute Gasteiger partial charge is 0.355 e. The molecule has 1 amide bonds. The summed E-state index contributed by atoms with van der Waals surface area (Å²) in [6, 6.07) is 6.49. The van der Waals surface area contributed by atoms with Gasteiger partial charge in [-0.25, -0.2) is 4.39 Å². The Balaban J connectivity index is 1.47. The van der Waals surface area contributed by atoms with E-state index in [9.17, 15) is 9.18 Å². The minimum absolute atomic E-state index is 0.000643. The lowest BCUT2D eigenvalue weighted by Crippen LogP contribution is -2.33. The van der Waals surface area contributed by atoms with E-state index in [4.69, 9.17) is 0 Å². The van der Waals surface area contributed by atoms with Crippen LogP contribution in [0.1, 0.15) is 77.1 Å². The maximum absolute atomic E-state index is 13.6. The Morgan fingerprint density at radius 2 is 1.85 bits per heavy atom. The third-order valence-corrected chi connectivity index (χ3v) is 7.88. The van der Waals surface area contributed by atoms with Gasteiger partial charge in [0.25, 0.3) is 0 Å². The van der Waals surface area contributed by atoms with Gasteiger partial charge in [0.2, 0.25) is 5.91 Å². The number of nitrogens with zero attached hydrogens (tertiary/aromatic N) is 4. The van der Waals surface area contributed by atoms with Crippen molar-refractivity contribution in [2.75, 3.05) is 19.6 Å². The zero-order valence-electron chi connectivity index (χ0n) is 20.3. The third-order valence-electron chi connectivity index (χ3n) is 6.84. The lowest BCUT2D eigenvalue weighted by molar-refractivity contribution is -0.120. The van der Waals surface area contributed by atoms with Gasteiger partial charge in [-0.05, 0) is 96.1 Å². The highest BCUT2D eigenvalue weighted by molar-refractivity contribution is 8.00. The van der Waals surface area contributed by atoms with Crippen LogP contribution in [0.4, 0.5) is 4.39 Å². The van der Waals surface area contributed by atoms with Crippen LogP contribution in [-0.4, -0.2) is 50.5 Å². The molecule has 1 aliphatic heterocycles. The number of aromatic nitrogens is 3. The fraction of sp³-hybridized carbons (Fsp3) is 0.577. The number of allylic oxidation sites excluding steroid dienone is 1. The van der Waals surface area contributed by atoms with Crippen LogP contribution >= 0.6 is 11.8 Å². The molecule has 2 aliphatic rings. The predicted octanol–water partition coefficient (Wildman–Crippen LogP) is 5.44. The van der Waals surface area contributed by atoms with Gasteiger partial charge in [0.1, 0.15) is 5.82 Å². The number of carbonyl (C=O) groups excluding carboxylic acids is 1. The van der Waals surface area contributed by atoms with Gasteiger partial charge in [-0.2, -0.15) is 0 Å². The molecular formula is C26H36FN5OS. The first-order valence-corrected chi connectivity index (χ1v) is 13.5. The lowest BCUT2D eigenvalue weighted by Gasteiger charge is -2.32. The molecule has 2 heterocycles. The molecule has 0 bridgehead atoms. The van der Waals surface area contributed by atoms with Gasteiger partial charge in [0, 0.05) is 12.2 Å². The highest BCUT2D eigenvalue weighted by atomic mass is 32.2. The predicted molar refractivity (Wildman–Crippen MR) is 135 cm³/mol. The molecule has 4 rings (SSSR count). The van der Waals surface area contributed by atoms with Gasteiger partial charge < -0.3 is 5.32 Å². The molecule has 1 saturated heterocycles. The Morgan fingerprint density at radius 1 is 1.09 bits per heavy atom. The van der Waals surface area contributed by atoms with Gasteiger partial charge >= 0.3 is 0 Å². The Morgan fingerprint density at radius 3 is 2.56 bits per heavy atom. The van der Waals surface area contributed by atoms with Crippen LogP contribution in [0.25, 0.3) is 5.69 Å². The second-order valence-electron chi connectivity index (χ2n) is 9.33. The number of halogens is 1. The number of amides is 1. The maximum Gasteiger partial charge on any atom is 0.233 e. The standard InChI is InChI=1S/C26H36FN5OS/c1-19(31-17-7-4-8-18-31)24-29-30-26(32(24)23-13-11-22(27)12-14-23)34-20(2)25(33)28-16-15-21-9-5-3-6-10-21/h9,11-14,19-20H,3-8,10,15-18H2,1-2H3,(H,28,33)/t19-,20+/m0/s1. The number of likely N-dealkylation sites (tertiary alicyclic amines) is 1. The molecule has 184 valence electrons. The first kappa shape index (κ1) is 24.9. The molecule has 2 atom stereocenters. The molecular weight excluding hydrogens is 449 g/mol. The van der Waals surface area contributed by atoms with Gasteiger partial charge in [-0.15, -0.1) is 10.2 Å². The van der Waals surface area contributed by atoms with E-state index in [2.05, 4.69) is 33.4 Å². The van der Waals surface area contributed by atoms with Gasteiger partial charge in [-0.1, -0.05) is 29.8 Å². The molecule has 1 aromatic heterocycles. The van der Waals surface area contributed by atoms with Crippen LogP contribution in [0.5, 0.6) is 0 Å².